The molecule has 0 aliphatic carbocycles. The van der Waals surface area contributed by atoms with E-state index in [1.807, 2.05) is 0 Å². The van der Waals surface area contributed by atoms with Crippen LogP contribution >= 0.6 is 11.8 Å². The standard InChI is InChI=1S/C20H17N3O7S/c1-29-15-8-3-12(9-16(15)30-2)10-17-19(25)22(20(26)31-17)11-18(24)21-13-4-6-14(7-5-13)23(27)28/h3-10H,11H2,1-2H3,(H,21,24)/b17-10-. The molecule has 1 fully saturated rings. The normalized spacial score (nSPS) is 14.6. The number of nitrogens with one attached hydrogen (secondary N) is 1. The van der Waals surface area contributed by atoms with E-state index in [0.717, 1.165) is 16.7 Å². The summed E-state index contributed by atoms with van der Waals surface area (Å²) in [6.45, 7) is -0.481. The van der Waals surface area contributed by atoms with E-state index in [-0.39, 0.29) is 10.6 Å². The molecule has 3 amide bonds. The maximum Gasteiger partial charge on any atom is 0.294 e. The van der Waals surface area contributed by atoms with Crippen LogP contribution in [0.5, 0.6) is 11.5 Å². The zero-order valence-electron chi connectivity index (χ0n) is 16.5. The number of methoxy groups -OCH3 is 2. The van der Waals surface area contributed by atoms with Gasteiger partial charge in [-0.3, -0.25) is 29.4 Å². The number of hydrogen-bond donors (Lipinski definition) is 1. The topological polar surface area (TPSA) is 128 Å². The lowest BCUT2D eigenvalue weighted by Crippen LogP contribution is -2.36. The Balaban J connectivity index is 1.69. The minimum Gasteiger partial charge on any atom is -0.493 e. The van der Waals surface area contributed by atoms with Crippen LogP contribution in [0.1, 0.15) is 5.56 Å². The van der Waals surface area contributed by atoms with Crippen molar-refractivity contribution in [2.45, 2.75) is 0 Å². The van der Waals surface area contributed by atoms with Gasteiger partial charge < -0.3 is 14.8 Å². The van der Waals surface area contributed by atoms with E-state index in [1.54, 1.807) is 18.2 Å². The van der Waals surface area contributed by atoms with Crippen molar-refractivity contribution in [2.24, 2.45) is 0 Å². The third-order valence-corrected chi connectivity index (χ3v) is 5.15. The van der Waals surface area contributed by atoms with E-state index >= 15 is 0 Å². The number of benzene rings is 2. The number of anilines is 1. The summed E-state index contributed by atoms with van der Waals surface area (Å²) in [5.41, 5.74) is 0.811. The molecule has 0 unspecified atom stereocenters. The number of hydrogen-bond acceptors (Lipinski definition) is 8. The predicted octanol–water partition coefficient (Wildman–Crippen LogP) is 3.29. The van der Waals surface area contributed by atoms with Gasteiger partial charge in [-0.2, -0.15) is 0 Å². The molecule has 160 valence electrons. The highest BCUT2D eigenvalue weighted by Crippen LogP contribution is 2.34. The van der Waals surface area contributed by atoms with Gasteiger partial charge in [0.15, 0.2) is 11.5 Å². The van der Waals surface area contributed by atoms with Crippen molar-refractivity contribution in [3.63, 3.8) is 0 Å². The summed E-state index contributed by atoms with van der Waals surface area (Å²) in [5.74, 6) is -0.208. The van der Waals surface area contributed by atoms with Crippen LogP contribution in [0.2, 0.25) is 0 Å². The van der Waals surface area contributed by atoms with Gasteiger partial charge in [0.25, 0.3) is 16.8 Å². The maximum atomic E-state index is 12.6. The Hall–Kier alpha value is -3.86. The van der Waals surface area contributed by atoms with E-state index in [4.69, 9.17) is 9.47 Å². The highest BCUT2D eigenvalue weighted by Gasteiger charge is 2.36. The summed E-state index contributed by atoms with van der Waals surface area (Å²) in [7, 11) is 2.99. The van der Waals surface area contributed by atoms with Crippen molar-refractivity contribution in [3.8, 4) is 11.5 Å². The van der Waals surface area contributed by atoms with Crippen LogP contribution in [0.25, 0.3) is 6.08 Å². The average molecular weight is 443 g/mol. The quantitative estimate of drug-likeness (QED) is 0.392. The highest BCUT2D eigenvalue weighted by molar-refractivity contribution is 8.18. The molecule has 11 heteroatoms. The highest BCUT2D eigenvalue weighted by atomic mass is 32.2. The molecule has 1 aliphatic rings. The number of nitro benzene ring substituents is 1. The van der Waals surface area contributed by atoms with Crippen molar-refractivity contribution in [1.82, 2.24) is 4.90 Å². The van der Waals surface area contributed by atoms with Gasteiger partial charge in [0.05, 0.1) is 24.0 Å². The molecule has 0 atom stereocenters. The second-order valence-electron chi connectivity index (χ2n) is 6.23. The SMILES string of the molecule is COc1ccc(/C=C2\SC(=O)N(CC(=O)Nc3ccc([N+](=O)[O-])cc3)C2=O)cc1OC. The first-order chi connectivity index (χ1) is 14.8. The van der Waals surface area contributed by atoms with Crippen molar-refractivity contribution >= 4 is 46.3 Å². The zero-order valence-corrected chi connectivity index (χ0v) is 17.3. The molecule has 0 spiro atoms. The fraction of sp³-hybridized carbons (Fsp3) is 0.150. The third kappa shape index (κ3) is 5.01. The smallest absolute Gasteiger partial charge is 0.294 e. The number of nitro groups is 1. The summed E-state index contributed by atoms with van der Waals surface area (Å²) >= 11 is 0.725. The van der Waals surface area contributed by atoms with E-state index in [1.165, 1.54) is 44.6 Å². The number of ether oxygens (including phenoxy) is 2. The van der Waals surface area contributed by atoms with Crippen LogP contribution in [-0.4, -0.2) is 47.6 Å². The molecular weight excluding hydrogens is 426 g/mol. The first-order valence-electron chi connectivity index (χ1n) is 8.84. The monoisotopic (exact) mass is 443 g/mol. The van der Waals surface area contributed by atoms with E-state index < -0.39 is 28.5 Å². The van der Waals surface area contributed by atoms with Crippen LogP contribution in [0.3, 0.4) is 0 Å². The molecule has 10 nitrogen and oxygen atoms in total. The Kier molecular flexibility index (Phi) is 6.55. The fourth-order valence-corrected chi connectivity index (χ4v) is 3.58. The molecular formula is C20H17N3O7S. The maximum absolute atomic E-state index is 12.6. The number of carbonyl (C=O) groups is 3. The fourth-order valence-electron chi connectivity index (χ4n) is 2.74. The lowest BCUT2D eigenvalue weighted by molar-refractivity contribution is -0.384. The Bertz CT molecular complexity index is 1080. The minimum atomic E-state index is -0.608. The summed E-state index contributed by atoms with van der Waals surface area (Å²) in [4.78, 5) is 48.2. The summed E-state index contributed by atoms with van der Waals surface area (Å²) in [5, 5.41) is 12.6. The second kappa shape index (κ2) is 9.30. The molecule has 2 aromatic rings. The van der Waals surface area contributed by atoms with Crippen LogP contribution in [0, 0.1) is 10.1 Å². The number of imide groups is 1. The first-order valence-corrected chi connectivity index (χ1v) is 9.65. The molecule has 1 N–H and O–H groups in total. The Morgan fingerprint density at radius 2 is 1.81 bits per heavy atom. The number of amides is 3. The first kappa shape index (κ1) is 21.8. The molecule has 0 radical (unpaired) electrons. The molecule has 1 saturated heterocycles. The van der Waals surface area contributed by atoms with Crippen molar-refractivity contribution in [3.05, 3.63) is 63.0 Å². The third-order valence-electron chi connectivity index (χ3n) is 4.24. The average Bonchev–Trinajstić information content (AvgIpc) is 3.01. The van der Waals surface area contributed by atoms with Gasteiger partial charge in [-0.05, 0) is 47.7 Å². The molecule has 0 aromatic heterocycles. The van der Waals surface area contributed by atoms with Crippen LogP contribution < -0.4 is 14.8 Å². The van der Waals surface area contributed by atoms with Gasteiger partial charge >= 0.3 is 0 Å². The Labute approximate surface area is 181 Å². The van der Waals surface area contributed by atoms with Gasteiger partial charge in [0, 0.05) is 17.8 Å². The van der Waals surface area contributed by atoms with E-state index in [9.17, 15) is 24.5 Å². The number of rotatable bonds is 7. The molecule has 31 heavy (non-hydrogen) atoms. The van der Waals surface area contributed by atoms with Crippen molar-refractivity contribution in [2.75, 3.05) is 26.1 Å². The Morgan fingerprint density at radius 3 is 2.42 bits per heavy atom. The number of nitrogens with zero attached hydrogens (tertiary/aromatic N) is 2. The Morgan fingerprint density at radius 1 is 1.13 bits per heavy atom. The van der Waals surface area contributed by atoms with E-state index in [2.05, 4.69) is 5.32 Å². The van der Waals surface area contributed by atoms with E-state index in [0.29, 0.717) is 22.7 Å². The molecule has 1 aliphatic heterocycles. The van der Waals surface area contributed by atoms with Gasteiger partial charge in [-0.15, -0.1) is 0 Å². The zero-order chi connectivity index (χ0) is 22.5. The second-order valence-corrected chi connectivity index (χ2v) is 7.23. The molecule has 1 heterocycles. The van der Waals surface area contributed by atoms with Crippen molar-refractivity contribution < 1.29 is 28.8 Å². The van der Waals surface area contributed by atoms with Crippen LogP contribution in [0.15, 0.2) is 47.4 Å². The van der Waals surface area contributed by atoms with Crippen LogP contribution in [-0.2, 0) is 9.59 Å². The lowest BCUT2D eigenvalue weighted by atomic mass is 10.2. The predicted molar refractivity (Wildman–Crippen MR) is 114 cm³/mol. The summed E-state index contributed by atoms with van der Waals surface area (Å²) in [6, 6.07) is 10.2. The van der Waals surface area contributed by atoms with Crippen molar-refractivity contribution in [1.29, 1.82) is 0 Å². The van der Waals surface area contributed by atoms with Gasteiger partial charge in [0.1, 0.15) is 6.54 Å². The van der Waals surface area contributed by atoms with Crippen LogP contribution in [0.4, 0.5) is 16.2 Å². The lowest BCUT2D eigenvalue weighted by Gasteiger charge is -2.12. The summed E-state index contributed by atoms with van der Waals surface area (Å²) in [6.07, 6.45) is 1.53. The largest absolute Gasteiger partial charge is 0.493 e. The molecule has 0 saturated carbocycles. The molecule has 2 aromatic carbocycles. The number of carbonyl (C=O) groups excluding carboxylic acids is 3. The number of non-ortho nitro benzene ring substituents is 1. The molecule has 3 rings (SSSR count). The number of thioether (sulfide) groups is 1. The summed E-state index contributed by atoms with van der Waals surface area (Å²) < 4.78 is 10.4. The minimum absolute atomic E-state index is 0.121. The van der Waals surface area contributed by atoms with Gasteiger partial charge in [-0.25, -0.2) is 0 Å². The van der Waals surface area contributed by atoms with Gasteiger partial charge in [0.2, 0.25) is 5.91 Å². The van der Waals surface area contributed by atoms with Gasteiger partial charge in [-0.1, -0.05) is 6.07 Å². The molecule has 0 bridgehead atoms.